The second-order valence-electron chi connectivity index (χ2n) is 10.8. The van der Waals surface area contributed by atoms with Gasteiger partial charge < -0.3 is 20.4 Å². The Hall–Kier alpha value is -2.32. The normalized spacial score (nSPS) is 25.7. The highest BCUT2D eigenvalue weighted by molar-refractivity contribution is 6.25. The van der Waals surface area contributed by atoms with Crippen LogP contribution in [-0.4, -0.2) is 69.7 Å². The Labute approximate surface area is 202 Å². The van der Waals surface area contributed by atoms with Gasteiger partial charge in [-0.15, -0.1) is 0 Å². The molecule has 2 aliphatic rings. The lowest BCUT2D eigenvalue weighted by Gasteiger charge is -2.31. The van der Waals surface area contributed by atoms with Crippen molar-refractivity contribution in [3.8, 4) is 0 Å². The fourth-order valence-corrected chi connectivity index (χ4v) is 4.71. The summed E-state index contributed by atoms with van der Waals surface area (Å²) in [7, 11) is 0. The van der Waals surface area contributed by atoms with Gasteiger partial charge in [-0.3, -0.25) is 19.6 Å². The first-order valence-electron chi connectivity index (χ1n) is 12.1. The van der Waals surface area contributed by atoms with Crippen LogP contribution in [0, 0.1) is 10.8 Å². The number of nitrogens with zero attached hydrogens (tertiary/aromatic N) is 2. The van der Waals surface area contributed by atoms with Gasteiger partial charge in [-0.1, -0.05) is 27.7 Å². The first kappa shape index (κ1) is 27.9. The number of rotatable bonds is 9. The number of aliphatic hydroxyl groups is 4. The molecule has 34 heavy (non-hydrogen) atoms. The van der Waals surface area contributed by atoms with Crippen LogP contribution < -0.4 is 0 Å². The van der Waals surface area contributed by atoms with Gasteiger partial charge in [0, 0.05) is 37.1 Å². The lowest BCUT2D eigenvalue weighted by molar-refractivity contribution is -0.118. The highest BCUT2D eigenvalue weighted by atomic mass is 16.3. The molecular weight excluding hydrogens is 436 g/mol. The van der Waals surface area contributed by atoms with Crippen LogP contribution in [0.25, 0.3) is 0 Å². The van der Waals surface area contributed by atoms with E-state index in [1.54, 1.807) is 0 Å². The van der Waals surface area contributed by atoms with E-state index in [9.17, 15) is 19.8 Å². The number of aliphatic hydroxyl groups excluding tert-OH is 4. The summed E-state index contributed by atoms with van der Waals surface area (Å²) in [4.78, 5) is 34.1. The minimum atomic E-state index is -0.247. The van der Waals surface area contributed by atoms with Gasteiger partial charge in [-0.25, -0.2) is 0 Å². The number of unbranched alkanes of at least 4 members (excludes halogenated alkanes) is 1. The molecule has 0 saturated heterocycles. The second-order valence-corrected chi connectivity index (χ2v) is 10.8. The smallest absolute Gasteiger partial charge is 0.168 e. The third-order valence-corrected chi connectivity index (χ3v) is 6.16. The van der Waals surface area contributed by atoms with E-state index >= 15 is 0 Å². The fraction of sp³-hybridized carbons (Fsp3) is 0.692. The van der Waals surface area contributed by atoms with E-state index in [1.807, 2.05) is 27.7 Å². The van der Waals surface area contributed by atoms with Gasteiger partial charge in [0.2, 0.25) is 0 Å². The maximum absolute atomic E-state index is 12.7. The van der Waals surface area contributed by atoms with E-state index in [1.165, 1.54) is 0 Å². The van der Waals surface area contributed by atoms with Crippen LogP contribution in [0.15, 0.2) is 32.6 Å². The van der Waals surface area contributed by atoms with Crippen molar-refractivity contribution >= 4 is 23.0 Å². The SMILES string of the molecule is CC1(C)CC(=O)C(=C(O)CCCCC(O)=C2C(=O)CC(C)(C)CC2=NCCO)C(=NCCO)C1. The summed E-state index contributed by atoms with van der Waals surface area (Å²) in [5.41, 5.74) is 1.11. The van der Waals surface area contributed by atoms with Crippen molar-refractivity contribution in [3.63, 3.8) is 0 Å². The van der Waals surface area contributed by atoms with Crippen LogP contribution in [0.2, 0.25) is 0 Å². The summed E-state index contributed by atoms with van der Waals surface area (Å²) in [5, 5.41) is 39.6. The number of hydrogen-bond acceptors (Lipinski definition) is 8. The van der Waals surface area contributed by atoms with Crippen LogP contribution in [0.1, 0.15) is 79.1 Å². The Bertz CT molecular complexity index is 834. The van der Waals surface area contributed by atoms with Gasteiger partial charge in [0.25, 0.3) is 0 Å². The van der Waals surface area contributed by atoms with Crippen molar-refractivity contribution in [3.05, 3.63) is 22.7 Å². The molecule has 0 aromatic carbocycles. The lowest BCUT2D eigenvalue weighted by atomic mass is 9.73. The average molecular weight is 477 g/mol. The first-order chi connectivity index (χ1) is 15.9. The number of carbonyl (C=O) groups excluding carboxylic acids is 2. The van der Waals surface area contributed by atoms with Crippen LogP contribution >= 0.6 is 0 Å². The molecule has 2 fully saturated rings. The average Bonchev–Trinajstić information content (AvgIpc) is 2.71. The first-order valence-corrected chi connectivity index (χ1v) is 12.1. The predicted octanol–water partition coefficient (Wildman–Crippen LogP) is 3.82. The maximum Gasteiger partial charge on any atom is 0.168 e. The molecule has 4 N–H and O–H groups in total. The number of Topliss-reactive ketones (excluding diaryl/α,β-unsaturated/α-hetero) is 2. The lowest BCUT2D eigenvalue weighted by Crippen LogP contribution is -2.33. The topological polar surface area (TPSA) is 140 Å². The standard InChI is InChI=1S/C26H40N2O6/c1-25(2)13-17(27-9-11-29)23(21(33)15-25)19(31)7-5-6-8-20(32)24-18(28-10-12-30)14-26(3,4)16-22(24)34/h29-32H,5-16H2,1-4H3. The van der Waals surface area contributed by atoms with E-state index < -0.39 is 0 Å². The molecular formula is C26H40N2O6. The molecule has 0 amide bonds. The number of ketones is 2. The molecule has 190 valence electrons. The minimum Gasteiger partial charge on any atom is -0.511 e. The Morgan fingerprint density at radius 2 is 1.06 bits per heavy atom. The van der Waals surface area contributed by atoms with E-state index in [2.05, 4.69) is 9.98 Å². The zero-order valence-electron chi connectivity index (χ0n) is 21.0. The van der Waals surface area contributed by atoms with Gasteiger partial charge in [0.05, 0.1) is 37.4 Å². The van der Waals surface area contributed by atoms with Crippen molar-refractivity contribution in [2.75, 3.05) is 26.3 Å². The molecule has 2 saturated carbocycles. The number of carbonyl (C=O) groups is 2. The summed E-state index contributed by atoms with van der Waals surface area (Å²) < 4.78 is 0. The number of allylic oxidation sites excluding steroid dienone is 4. The van der Waals surface area contributed by atoms with Crippen molar-refractivity contribution < 1.29 is 30.0 Å². The van der Waals surface area contributed by atoms with Crippen molar-refractivity contribution in [2.45, 2.75) is 79.1 Å². The third-order valence-electron chi connectivity index (χ3n) is 6.16. The van der Waals surface area contributed by atoms with Gasteiger partial charge >= 0.3 is 0 Å². The van der Waals surface area contributed by atoms with Crippen molar-refractivity contribution in [2.24, 2.45) is 20.8 Å². The molecule has 2 rings (SSSR count). The molecule has 0 unspecified atom stereocenters. The summed E-state index contributed by atoms with van der Waals surface area (Å²) in [6, 6.07) is 0. The Balaban J connectivity index is 2.10. The van der Waals surface area contributed by atoms with Gasteiger partial charge in [0.1, 0.15) is 11.5 Å². The quantitative estimate of drug-likeness (QED) is 0.227. The van der Waals surface area contributed by atoms with E-state index in [0.717, 1.165) is 0 Å². The minimum absolute atomic E-state index is 0.00924. The molecule has 0 aliphatic heterocycles. The van der Waals surface area contributed by atoms with Crippen LogP contribution in [0.5, 0.6) is 0 Å². The molecule has 0 bridgehead atoms. The summed E-state index contributed by atoms with van der Waals surface area (Å²) in [6.45, 7) is 8.04. The zero-order chi connectivity index (χ0) is 25.5. The monoisotopic (exact) mass is 476 g/mol. The predicted molar refractivity (Wildman–Crippen MR) is 133 cm³/mol. The van der Waals surface area contributed by atoms with Crippen LogP contribution in [0.4, 0.5) is 0 Å². The summed E-state index contributed by atoms with van der Waals surface area (Å²) in [5.74, 6) is -0.304. The molecule has 0 atom stereocenters. The Kier molecular flexibility index (Phi) is 9.76. The Morgan fingerprint density at radius 1 is 0.706 bits per heavy atom. The van der Waals surface area contributed by atoms with Crippen LogP contribution in [0.3, 0.4) is 0 Å². The van der Waals surface area contributed by atoms with Gasteiger partial charge in [-0.05, 0) is 36.5 Å². The van der Waals surface area contributed by atoms with Gasteiger partial charge in [0.15, 0.2) is 11.6 Å². The van der Waals surface area contributed by atoms with Crippen molar-refractivity contribution in [1.82, 2.24) is 0 Å². The molecule has 0 spiro atoms. The largest absolute Gasteiger partial charge is 0.511 e. The molecule has 0 radical (unpaired) electrons. The zero-order valence-corrected chi connectivity index (χ0v) is 21.0. The van der Waals surface area contributed by atoms with Gasteiger partial charge in [-0.2, -0.15) is 0 Å². The summed E-state index contributed by atoms with van der Waals surface area (Å²) >= 11 is 0. The third kappa shape index (κ3) is 7.60. The highest BCUT2D eigenvalue weighted by Crippen LogP contribution is 2.37. The van der Waals surface area contributed by atoms with Crippen molar-refractivity contribution in [1.29, 1.82) is 0 Å². The molecule has 8 heteroatoms. The van der Waals surface area contributed by atoms with E-state index in [4.69, 9.17) is 10.2 Å². The van der Waals surface area contributed by atoms with Crippen LogP contribution in [-0.2, 0) is 9.59 Å². The molecule has 0 heterocycles. The molecule has 2 aliphatic carbocycles. The molecule has 0 aromatic rings. The molecule has 8 nitrogen and oxygen atoms in total. The molecule has 0 aromatic heterocycles. The fourth-order valence-electron chi connectivity index (χ4n) is 4.71. The number of hydrogen-bond donors (Lipinski definition) is 4. The van der Waals surface area contributed by atoms with E-state index in [-0.39, 0.29) is 84.2 Å². The Morgan fingerprint density at radius 3 is 1.38 bits per heavy atom. The maximum atomic E-state index is 12.7. The second kappa shape index (κ2) is 11.9. The number of aliphatic imine (C=N–C) groups is 2. The summed E-state index contributed by atoms with van der Waals surface area (Å²) in [6.07, 6.45) is 3.30. The van der Waals surface area contributed by atoms with E-state index in [0.29, 0.717) is 49.9 Å². The highest BCUT2D eigenvalue weighted by Gasteiger charge is 2.37.